The first-order valence-electron chi connectivity index (χ1n) is 7.68. The molecule has 1 fully saturated rings. The van der Waals surface area contributed by atoms with Crippen LogP contribution in [0.4, 0.5) is 4.39 Å². The topological polar surface area (TPSA) is 73.2 Å². The highest BCUT2D eigenvalue weighted by atomic mass is 19.1. The maximum Gasteiger partial charge on any atom is 0.251 e. The van der Waals surface area contributed by atoms with E-state index in [4.69, 9.17) is 5.26 Å². The maximum atomic E-state index is 13.6. The van der Waals surface area contributed by atoms with Gasteiger partial charge >= 0.3 is 0 Å². The maximum absolute atomic E-state index is 13.6. The van der Waals surface area contributed by atoms with E-state index in [1.165, 1.54) is 13.1 Å². The van der Waals surface area contributed by atoms with Crippen LogP contribution in [0.15, 0.2) is 18.2 Å². The molecule has 0 bridgehead atoms. The van der Waals surface area contributed by atoms with Crippen molar-refractivity contribution in [3.8, 4) is 6.19 Å². The number of halogens is 1. The number of rotatable bonds is 3. The fraction of sp³-hybridized carbons (Fsp3) is 0.471. The van der Waals surface area contributed by atoms with Gasteiger partial charge in [-0.05, 0) is 37.5 Å². The van der Waals surface area contributed by atoms with Gasteiger partial charge in [-0.25, -0.2) is 4.39 Å². The summed E-state index contributed by atoms with van der Waals surface area (Å²) in [5, 5.41) is 11.7. The summed E-state index contributed by atoms with van der Waals surface area (Å²) in [5.74, 6) is -1.52. The summed E-state index contributed by atoms with van der Waals surface area (Å²) >= 11 is 0. The van der Waals surface area contributed by atoms with Crippen LogP contribution in [0.1, 0.15) is 41.6 Å². The second-order valence-electron chi connectivity index (χ2n) is 5.93. The van der Waals surface area contributed by atoms with E-state index in [2.05, 4.69) is 5.32 Å². The number of benzene rings is 1. The number of amides is 2. The smallest absolute Gasteiger partial charge is 0.251 e. The molecule has 2 amide bonds. The quantitative estimate of drug-likeness (QED) is 0.687. The van der Waals surface area contributed by atoms with E-state index < -0.39 is 17.6 Å². The van der Waals surface area contributed by atoms with E-state index in [9.17, 15) is 14.0 Å². The zero-order valence-corrected chi connectivity index (χ0v) is 13.3. The molecular formula is C17H20FN3O2. The molecule has 1 saturated carbocycles. The van der Waals surface area contributed by atoms with Gasteiger partial charge in [0.05, 0.1) is 5.92 Å². The molecular weight excluding hydrogens is 297 g/mol. The van der Waals surface area contributed by atoms with Crippen molar-refractivity contribution in [3.05, 3.63) is 35.1 Å². The van der Waals surface area contributed by atoms with E-state index in [0.29, 0.717) is 18.4 Å². The van der Waals surface area contributed by atoms with Crippen LogP contribution in [0.5, 0.6) is 0 Å². The van der Waals surface area contributed by atoms with Gasteiger partial charge in [0.25, 0.3) is 5.91 Å². The van der Waals surface area contributed by atoms with Gasteiger partial charge in [-0.15, -0.1) is 0 Å². The van der Waals surface area contributed by atoms with Crippen LogP contribution in [0.3, 0.4) is 0 Å². The van der Waals surface area contributed by atoms with E-state index in [1.807, 2.05) is 0 Å². The van der Waals surface area contributed by atoms with Crippen LogP contribution in [0, 0.1) is 30.1 Å². The third-order valence-corrected chi connectivity index (χ3v) is 4.31. The van der Waals surface area contributed by atoms with Crippen molar-refractivity contribution in [2.24, 2.45) is 5.92 Å². The van der Waals surface area contributed by atoms with Crippen molar-refractivity contribution < 1.29 is 14.0 Å². The van der Waals surface area contributed by atoms with E-state index in [-0.39, 0.29) is 17.5 Å². The molecule has 0 unspecified atom stereocenters. The first-order chi connectivity index (χ1) is 10.9. The van der Waals surface area contributed by atoms with Crippen molar-refractivity contribution in [3.63, 3.8) is 0 Å². The van der Waals surface area contributed by atoms with E-state index >= 15 is 0 Å². The third-order valence-electron chi connectivity index (χ3n) is 4.31. The van der Waals surface area contributed by atoms with Gasteiger partial charge in [0.2, 0.25) is 5.91 Å². The molecule has 6 heteroatoms. The van der Waals surface area contributed by atoms with Crippen molar-refractivity contribution in [1.82, 2.24) is 10.2 Å². The molecule has 0 saturated heterocycles. The van der Waals surface area contributed by atoms with Crippen LogP contribution in [-0.2, 0) is 4.79 Å². The first kappa shape index (κ1) is 16.9. The van der Waals surface area contributed by atoms with E-state index in [1.54, 1.807) is 25.2 Å². The largest absolute Gasteiger partial charge is 0.349 e. The summed E-state index contributed by atoms with van der Waals surface area (Å²) in [4.78, 5) is 25.6. The van der Waals surface area contributed by atoms with Gasteiger partial charge in [-0.1, -0.05) is 18.9 Å². The molecule has 0 aromatic heterocycles. The summed E-state index contributed by atoms with van der Waals surface area (Å²) in [6.45, 7) is 1.63. The van der Waals surface area contributed by atoms with Crippen molar-refractivity contribution in [2.45, 2.75) is 38.6 Å². The van der Waals surface area contributed by atoms with E-state index in [0.717, 1.165) is 17.7 Å². The Morgan fingerprint density at radius 2 is 2.04 bits per heavy atom. The molecule has 0 aliphatic heterocycles. The SMILES string of the molecule is Cc1ccc(C(=O)N[C@@H]2CCCC[C@@H]2C(=O)N(C)C#N)cc1F. The van der Waals surface area contributed by atoms with Crippen LogP contribution in [0.2, 0.25) is 0 Å². The molecule has 2 rings (SSSR count). The molecule has 1 aromatic rings. The molecule has 23 heavy (non-hydrogen) atoms. The zero-order valence-electron chi connectivity index (χ0n) is 13.3. The molecule has 0 spiro atoms. The van der Waals surface area contributed by atoms with Crippen LogP contribution in [0.25, 0.3) is 0 Å². The van der Waals surface area contributed by atoms with Gasteiger partial charge < -0.3 is 5.32 Å². The second-order valence-corrected chi connectivity index (χ2v) is 5.93. The fourth-order valence-electron chi connectivity index (χ4n) is 2.88. The number of nitriles is 1. The lowest BCUT2D eigenvalue weighted by Crippen LogP contribution is -2.48. The van der Waals surface area contributed by atoms with Crippen molar-refractivity contribution in [1.29, 1.82) is 5.26 Å². The summed E-state index contributed by atoms with van der Waals surface area (Å²) in [6.07, 6.45) is 4.92. The summed E-state index contributed by atoms with van der Waals surface area (Å²) < 4.78 is 13.6. The number of hydrogen-bond donors (Lipinski definition) is 1. The van der Waals surface area contributed by atoms with Gasteiger partial charge in [0.1, 0.15) is 5.82 Å². The van der Waals surface area contributed by atoms with Crippen molar-refractivity contribution >= 4 is 11.8 Å². The number of carbonyl (C=O) groups is 2. The minimum atomic E-state index is -0.432. The summed E-state index contributed by atoms with van der Waals surface area (Å²) in [6, 6.07) is 3.99. The summed E-state index contributed by atoms with van der Waals surface area (Å²) in [7, 11) is 1.42. The molecule has 2 atom stereocenters. The lowest BCUT2D eigenvalue weighted by molar-refractivity contribution is -0.133. The van der Waals surface area contributed by atoms with Gasteiger partial charge in [-0.2, -0.15) is 5.26 Å². The molecule has 0 heterocycles. The minimum absolute atomic E-state index is 0.235. The Hall–Kier alpha value is -2.42. The van der Waals surface area contributed by atoms with Crippen LogP contribution >= 0.6 is 0 Å². The Bertz CT molecular complexity index is 654. The Balaban J connectivity index is 2.12. The lowest BCUT2D eigenvalue weighted by atomic mass is 9.83. The Morgan fingerprint density at radius 3 is 2.70 bits per heavy atom. The van der Waals surface area contributed by atoms with Crippen molar-refractivity contribution in [2.75, 3.05) is 7.05 Å². The molecule has 0 radical (unpaired) electrons. The standard InChI is InChI=1S/C17H20FN3O2/c1-11-7-8-12(9-14(11)18)16(22)20-15-6-4-3-5-13(15)17(23)21(2)10-19/h7-9,13,15H,3-6H2,1-2H3,(H,20,22)/t13-,15+/m0/s1. The van der Waals surface area contributed by atoms with Gasteiger partial charge in [0, 0.05) is 18.7 Å². The Labute approximate surface area is 135 Å². The highest BCUT2D eigenvalue weighted by molar-refractivity contribution is 5.95. The average Bonchev–Trinajstić information content (AvgIpc) is 2.56. The van der Waals surface area contributed by atoms with Gasteiger partial charge in [0.15, 0.2) is 6.19 Å². The average molecular weight is 317 g/mol. The van der Waals surface area contributed by atoms with Crippen LogP contribution in [-0.4, -0.2) is 29.8 Å². The number of nitrogens with one attached hydrogen (secondary N) is 1. The minimum Gasteiger partial charge on any atom is -0.349 e. The lowest BCUT2D eigenvalue weighted by Gasteiger charge is -2.32. The molecule has 5 nitrogen and oxygen atoms in total. The second kappa shape index (κ2) is 7.23. The van der Waals surface area contributed by atoms with Crippen LogP contribution < -0.4 is 5.32 Å². The fourth-order valence-corrected chi connectivity index (χ4v) is 2.88. The molecule has 1 aromatic carbocycles. The first-order valence-corrected chi connectivity index (χ1v) is 7.68. The Kier molecular flexibility index (Phi) is 5.32. The summed E-state index contributed by atoms with van der Waals surface area (Å²) in [5.41, 5.74) is 0.710. The Morgan fingerprint density at radius 1 is 1.35 bits per heavy atom. The predicted molar refractivity (Wildman–Crippen MR) is 82.7 cm³/mol. The molecule has 1 aliphatic carbocycles. The third kappa shape index (κ3) is 3.86. The zero-order chi connectivity index (χ0) is 17.0. The molecule has 1 aliphatic rings. The highest BCUT2D eigenvalue weighted by Gasteiger charge is 2.34. The molecule has 122 valence electrons. The highest BCUT2D eigenvalue weighted by Crippen LogP contribution is 2.26. The number of carbonyl (C=O) groups excluding carboxylic acids is 2. The molecule has 1 N–H and O–H groups in total. The number of aryl methyl sites for hydroxylation is 1. The number of nitrogens with zero attached hydrogens (tertiary/aromatic N) is 2. The normalized spacial score (nSPS) is 20.4. The van der Waals surface area contributed by atoms with Gasteiger partial charge in [-0.3, -0.25) is 14.5 Å². The monoisotopic (exact) mass is 317 g/mol. The predicted octanol–water partition coefficient (Wildman–Crippen LogP) is 2.36. The number of hydrogen-bond acceptors (Lipinski definition) is 3.